The van der Waals surface area contributed by atoms with Crippen LogP contribution in [-0.2, 0) is 4.79 Å². The van der Waals surface area contributed by atoms with Crippen LogP contribution >= 0.6 is 0 Å². The van der Waals surface area contributed by atoms with Gasteiger partial charge in [0.25, 0.3) is 11.8 Å². The molecular weight excluding hydrogens is 412 g/mol. The van der Waals surface area contributed by atoms with Crippen molar-refractivity contribution < 1.29 is 27.9 Å². The molecule has 2 aromatic heterocycles. The van der Waals surface area contributed by atoms with E-state index in [1.165, 1.54) is 31.6 Å². The van der Waals surface area contributed by atoms with Gasteiger partial charge in [-0.1, -0.05) is 12.8 Å². The summed E-state index contributed by atoms with van der Waals surface area (Å²) in [7, 11) is 3.04. The molecule has 8 nitrogen and oxygen atoms in total. The van der Waals surface area contributed by atoms with Crippen LogP contribution in [0.15, 0.2) is 63.8 Å². The van der Waals surface area contributed by atoms with Crippen LogP contribution in [0.5, 0.6) is 11.5 Å². The van der Waals surface area contributed by atoms with E-state index in [1.54, 1.807) is 42.5 Å². The lowest BCUT2D eigenvalue weighted by atomic mass is 10.1. The molecule has 8 heteroatoms. The minimum atomic E-state index is -1.04. The lowest BCUT2D eigenvalue weighted by Crippen LogP contribution is -2.46. The maximum absolute atomic E-state index is 13.6. The Bertz CT molecular complexity index is 1040. The zero-order chi connectivity index (χ0) is 22.5. The van der Waals surface area contributed by atoms with Gasteiger partial charge in [-0.05, 0) is 49.2 Å². The van der Waals surface area contributed by atoms with E-state index in [4.69, 9.17) is 18.3 Å². The van der Waals surface area contributed by atoms with Crippen LogP contribution in [0.2, 0.25) is 0 Å². The van der Waals surface area contributed by atoms with Crippen LogP contribution in [0, 0.1) is 0 Å². The van der Waals surface area contributed by atoms with Crippen molar-refractivity contribution in [1.29, 1.82) is 0 Å². The number of hydrogen-bond acceptors (Lipinski definition) is 6. The summed E-state index contributed by atoms with van der Waals surface area (Å²) in [6.45, 7) is 0. The zero-order valence-electron chi connectivity index (χ0n) is 18.1. The van der Waals surface area contributed by atoms with Crippen LogP contribution in [0.3, 0.4) is 0 Å². The molecule has 1 N–H and O–H groups in total. The summed E-state index contributed by atoms with van der Waals surface area (Å²) in [5.41, 5.74) is 0.437. The van der Waals surface area contributed by atoms with E-state index in [2.05, 4.69) is 5.32 Å². The van der Waals surface area contributed by atoms with Crippen LogP contribution < -0.4 is 19.7 Å². The van der Waals surface area contributed by atoms with Gasteiger partial charge in [0.2, 0.25) is 0 Å². The van der Waals surface area contributed by atoms with Crippen LogP contribution in [0.1, 0.15) is 48.0 Å². The predicted molar refractivity (Wildman–Crippen MR) is 117 cm³/mol. The van der Waals surface area contributed by atoms with Crippen molar-refractivity contribution in [2.75, 3.05) is 19.1 Å². The van der Waals surface area contributed by atoms with E-state index < -0.39 is 11.9 Å². The highest BCUT2D eigenvalue weighted by molar-refractivity contribution is 6.08. The van der Waals surface area contributed by atoms with Crippen molar-refractivity contribution in [3.05, 3.63) is 66.5 Å². The topological polar surface area (TPSA) is 94.2 Å². The Hall–Kier alpha value is -3.68. The average molecular weight is 438 g/mol. The summed E-state index contributed by atoms with van der Waals surface area (Å²) in [5.74, 6) is 0.579. The highest BCUT2D eigenvalue weighted by Gasteiger charge is 2.37. The Balaban J connectivity index is 1.80. The molecule has 4 rings (SSSR count). The van der Waals surface area contributed by atoms with Gasteiger partial charge in [-0.2, -0.15) is 0 Å². The number of anilines is 1. The molecule has 168 valence electrons. The molecule has 2 heterocycles. The Morgan fingerprint density at radius 1 is 1.00 bits per heavy atom. The van der Waals surface area contributed by atoms with E-state index in [0.717, 1.165) is 25.7 Å². The molecule has 0 radical (unpaired) electrons. The van der Waals surface area contributed by atoms with Crippen LogP contribution in [0.4, 0.5) is 5.69 Å². The van der Waals surface area contributed by atoms with Gasteiger partial charge in [0.05, 0.1) is 26.7 Å². The minimum absolute atomic E-state index is 0.0749. The van der Waals surface area contributed by atoms with Gasteiger partial charge in [0.1, 0.15) is 5.76 Å². The number of ether oxygens (including phenoxy) is 2. The van der Waals surface area contributed by atoms with E-state index in [1.807, 2.05) is 0 Å². The molecule has 1 aliphatic carbocycles. The fraction of sp³-hybridized carbons (Fsp3) is 0.333. The second kappa shape index (κ2) is 9.64. The van der Waals surface area contributed by atoms with E-state index in [9.17, 15) is 9.59 Å². The molecule has 3 aromatic rings. The molecule has 0 saturated heterocycles. The van der Waals surface area contributed by atoms with Gasteiger partial charge in [-0.15, -0.1) is 0 Å². The number of benzene rings is 1. The number of hydrogen-bond donors (Lipinski definition) is 1. The molecule has 1 aliphatic rings. The van der Waals surface area contributed by atoms with Gasteiger partial charge in [0, 0.05) is 17.8 Å². The number of carbonyl (C=O) groups is 2. The van der Waals surface area contributed by atoms with Gasteiger partial charge in [0.15, 0.2) is 23.3 Å². The number of nitrogens with zero attached hydrogens (tertiary/aromatic N) is 1. The number of methoxy groups -OCH3 is 2. The second-order valence-corrected chi connectivity index (χ2v) is 7.60. The van der Waals surface area contributed by atoms with Gasteiger partial charge in [-0.25, -0.2) is 0 Å². The molecule has 1 aromatic carbocycles. The van der Waals surface area contributed by atoms with Crippen LogP contribution in [-0.4, -0.2) is 32.1 Å². The van der Waals surface area contributed by atoms with E-state index in [-0.39, 0.29) is 17.7 Å². The number of carbonyl (C=O) groups excluding carboxylic acids is 2. The maximum atomic E-state index is 13.6. The molecule has 2 amide bonds. The third kappa shape index (κ3) is 4.34. The summed E-state index contributed by atoms with van der Waals surface area (Å²) >= 11 is 0. The normalized spacial score (nSPS) is 14.7. The quantitative estimate of drug-likeness (QED) is 0.562. The van der Waals surface area contributed by atoms with Crippen molar-refractivity contribution in [2.24, 2.45) is 0 Å². The lowest BCUT2D eigenvalue weighted by Gasteiger charge is -2.30. The molecule has 1 fully saturated rings. The number of furan rings is 2. The van der Waals surface area contributed by atoms with E-state index >= 15 is 0 Å². The number of amides is 2. The summed E-state index contributed by atoms with van der Waals surface area (Å²) in [4.78, 5) is 28.5. The maximum Gasteiger partial charge on any atom is 0.295 e. The number of rotatable bonds is 8. The molecule has 0 unspecified atom stereocenters. The third-order valence-electron chi connectivity index (χ3n) is 5.62. The highest BCUT2D eigenvalue weighted by atomic mass is 16.5. The average Bonchev–Trinajstić information content (AvgIpc) is 3.60. The Kier molecular flexibility index (Phi) is 6.49. The fourth-order valence-corrected chi connectivity index (χ4v) is 4.05. The van der Waals surface area contributed by atoms with Crippen molar-refractivity contribution >= 4 is 17.5 Å². The number of nitrogens with one attached hydrogen (secondary N) is 1. The summed E-state index contributed by atoms with van der Waals surface area (Å²) in [6, 6.07) is 10.6. The second-order valence-electron chi connectivity index (χ2n) is 7.60. The third-order valence-corrected chi connectivity index (χ3v) is 5.62. The molecule has 0 aliphatic heterocycles. The smallest absolute Gasteiger partial charge is 0.295 e. The monoisotopic (exact) mass is 438 g/mol. The van der Waals surface area contributed by atoms with Gasteiger partial charge < -0.3 is 23.6 Å². The van der Waals surface area contributed by atoms with Crippen molar-refractivity contribution in [3.8, 4) is 11.5 Å². The fourth-order valence-electron chi connectivity index (χ4n) is 4.05. The van der Waals surface area contributed by atoms with Gasteiger partial charge >= 0.3 is 0 Å². The standard InChI is InChI=1S/C24H26N2O6/c1-29-18-12-11-17(15-21(18)30-2)26(24(28)20-10-6-14-32-20)22(19-9-5-13-31-19)23(27)25-16-7-3-4-8-16/h5-6,9-16,22H,3-4,7-8H2,1-2H3,(H,25,27)/t22-/m1/s1. The zero-order valence-corrected chi connectivity index (χ0v) is 18.1. The first kappa shape index (κ1) is 21.5. The van der Waals surface area contributed by atoms with Crippen molar-refractivity contribution in [1.82, 2.24) is 5.32 Å². The van der Waals surface area contributed by atoms with Crippen molar-refractivity contribution in [3.63, 3.8) is 0 Å². The molecule has 0 bridgehead atoms. The Morgan fingerprint density at radius 2 is 1.72 bits per heavy atom. The minimum Gasteiger partial charge on any atom is -0.493 e. The van der Waals surface area contributed by atoms with E-state index in [0.29, 0.717) is 22.9 Å². The Labute approximate surface area is 186 Å². The first-order chi connectivity index (χ1) is 15.6. The molecular formula is C24H26N2O6. The first-order valence-electron chi connectivity index (χ1n) is 10.5. The molecule has 1 atom stereocenters. The lowest BCUT2D eigenvalue weighted by molar-refractivity contribution is -0.123. The molecule has 32 heavy (non-hydrogen) atoms. The first-order valence-corrected chi connectivity index (χ1v) is 10.5. The molecule has 1 saturated carbocycles. The van der Waals surface area contributed by atoms with Crippen molar-refractivity contribution in [2.45, 2.75) is 37.8 Å². The summed E-state index contributed by atoms with van der Waals surface area (Å²) in [5, 5.41) is 3.09. The largest absolute Gasteiger partial charge is 0.493 e. The predicted octanol–water partition coefficient (Wildman–Crippen LogP) is 4.34. The summed E-state index contributed by atoms with van der Waals surface area (Å²) < 4.78 is 21.7. The van der Waals surface area contributed by atoms with Crippen LogP contribution in [0.25, 0.3) is 0 Å². The van der Waals surface area contributed by atoms with Gasteiger partial charge in [-0.3, -0.25) is 14.5 Å². The highest BCUT2D eigenvalue weighted by Crippen LogP contribution is 2.36. The summed E-state index contributed by atoms with van der Waals surface area (Å²) in [6.07, 6.45) is 6.87. The SMILES string of the molecule is COc1ccc(N(C(=O)c2ccco2)[C@@H](C(=O)NC2CCCC2)c2ccco2)cc1OC. The molecule has 0 spiro atoms. The Morgan fingerprint density at radius 3 is 2.34 bits per heavy atom.